The van der Waals surface area contributed by atoms with Gasteiger partial charge in [0.15, 0.2) is 0 Å². The molecule has 2 N–H and O–H groups in total. The van der Waals surface area contributed by atoms with Gasteiger partial charge in [-0.1, -0.05) is 24.6 Å². The number of fused-ring (bicyclic) bond motifs is 1. The van der Waals surface area contributed by atoms with Crippen molar-refractivity contribution in [3.8, 4) is 0 Å². The van der Waals surface area contributed by atoms with Gasteiger partial charge in [0, 0.05) is 18.0 Å². The Kier molecular flexibility index (Phi) is 4.23. The summed E-state index contributed by atoms with van der Waals surface area (Å²) in [6.45, 7) is 0. The third-order valence-electron chi connectivity index (χ3n) is 5.61. The highest BCUT2D eigenvalue weighted by Gasteiger charge is 2.36. The summed E-state index contributed by atoms with van der Waals surface area (Å²) >= 11 is 0. The molecule has 1 aromatic carbocycles. The molecular formula is C20H24N2O2. The number of carbonyl (C=O) groups excluding carboxylic acids is 1. The Hall–Kier alpha value is -1.94. The zero-order valence-electron chi connectivity index (χ0n) is 13.8. The number of nitrogens with one attached hydrogen (secondary N) is 1. The first-order valence-corrected chi connectivity index (χ1v) is 9.01. The molecule has 2 aromatic rings. The van der Waals surface area contributed by atoms with Crippen LogP contribution in [0.4, 0.5) is 0 Å². The zero-order chi connectivity index (χ0) is 16.5. The molecule has 0 aliphatic heterocycles. The number of aliphatic hydroxyl groups is 1. The Labute approximate surface area is 142 Å². The highest BCUT2D eigenvalue weighted by atomic mass is 16.3. The van der Waals surface area contributed by atoms with E-state index in [4.69, 9.17) is 0 Å². The summed E-state index contributed by atoms with van der Waals surface area (Å²) < 4.78 is 0. The molecule has 126 valence electrons. The maximum Gasteiger partial charge on any atom is 0.220 e. The first-order valence-electron chi connectivity index (χ1n) is 9.01. The van der Waals surface area contributed by atoms with Crippen molar-refractivity contribution < 1.29 is 9.90 Å². The van der Waals surface area contributed by atoms with Gasteiger partial charge in [0.2, 0.25) is 5.91 Å². The largest absolute Gasteiger partial charge is 0.393 e. The number of carbonyl (C=O) groups is 1. The van der Waals surface area contributed by atoms with Gasteiger partial charge in [-0.2, -0.15) is 0 Å². The molecule has 2 aliphatic carbocycles. The van der Waals surface area contributed by atoms with Gasteiger partial charge >= 0.3 is 0 Å². The average Bonchev–Trinajstić information content (AvgIpc) is 2.53. The molecule has 1 aromatic heterocycles. The van der Waals surface area contributed by atoms with E-state index in [0.29, 0.717) is 18.3 Å². The smallest absolute Gasteiger partial charge is 0.220 e. The highest BCUT2D eigenvalue weighted by molar-refractivity contribution is 5.80. The van der Waals surface area contributed by atoms with E-state index in [0.717, 1.165) is 29.3 Å². The maximum atomic E-state index is 12.4. The van der Waals surface area contributed by atoms with Crippen LogP contribution in [0.3, 0.4) is 0 Å². The monoisotopic (exact) mass is 324 g/mol. The second kappa shape index (κ2) is 6.52. The molecule has 4 nitrogen and oxygen atoms in total. The predicted octanol–water partition coefficient (Wildman–Crippen LogP) is 3.35. The summed E-state index contributed by atoms with van der Waals surface area (Å²) in [4.78, 5) is 17.0. The van der Waals surface area contributed by atoms with Gasteiger partial charge in [-0.05, 0) is 55.2 Å². The lowest BCUT2D eigenvalue weighted by atomic mass is 9.75. The number of pyridine rings is 1. The second-order valence-electron chi connectivity index (χ2n) is 7.39. The number of amides is 1. The number of hydrogen-bond acceptors (Lipinski definition) is 3. The number of nitrogens with zero attached hydrogens (tertiary/aromatic N) is 1. The Morgan fingerprint density at radius 1 is 1.29 bits per heavy atom. The summed E-state index contributed by atoms with van der Waals surface area (Å²) in [7, 11) is 0. The molecular weight excluding hydrogens is 300 g/mol. The minimum Gasteiger partial charge on any atom is -0.393 e. The van der Waals surface area contributed by atoms with Crippen molar-refractivity contribution in [1.82, 2.24) is 10.3 Å². The van der Waals surface area contributed by atoms with Crippen molar-refractivity contribution in [3.05, 3.63) is 42.1 Å². The summed E-state index contributed by atoms with van der Waals surface area (Å²) in [5, 5.41) is 14.0. The van der Waals surface area contributed by atoms with E-state index in [2.05, 4.69) is 22.4 Å². The first-order chi connectivity index (χ1) is 11.7. The van der Waals surface area contributed by atoms with Gasteiger partial charge in [0.25, 0.3) is 0 Å². The first kappa shape index (κ1) is 15.6. The van der Waals surface area contributed by atoms with Crippen LogP contribution in [-0.4, -0.2) is 22.1 Å². The van der Waals surface area contributed by atoms with E-state index in [1.165, 1.54) is 19.3 Å². The van der Waals surface area contributed by atoms with Crippen molar-refractivity contribution in [2.24, 2.45) is 11.8 Å². The third-order valence-corrected chi connectivity index (χ3v) is 5.61. The van der Waals surface area contributed by atoms with Gasteiger partial charge in [-0.3, -0.25) is 9.78 Å². The Bertz CT molecular complexity index is 735. The van der Waals surface area contributed by atoms with E-state index < -0.39 is 0 Å². The van der Waals surface area contributed by atoms with E-state index >= 15 is 0 Å². The fraction of sp³-hybridized carbons (Fsp3) is 0.500. The number of aromatic nitrogens is 1. The topological polar surface area (TPSA) is 62.2 Å². The van der Waals surface area contributed by atoms with E-state index in [1.807, 2.05) is 24.4 Å². The van der Waals surface area contributed by atoms with Gasteiger partial charge < -0.3 is 10.4 Å². The molecule has 1 atom stereocenters. The van der Waals surface area contributed by atoms with E-state index in [-0.39, 0.29) is 18.1 Å². The average molecular weight is 324 g/mol. The minimum atomic E-state index is -0.227. The minimum absolute atomic E-state index is 0.0434. The van der Waals surface area contributed by atoms with Crippen LogP contribution in [0, 0.1) is 11.8 Å². The van der Waals surface area contributed by atoms with Crippen LogP contribution >= 0.6 is 0 Å². The van der Waals surface area contributed by atoms with Crippen LogP contribution in [0.1, 0.15) is 50.1 Å². The SMILES string of the molecule is O=C(CC1CCC1)N[C@@H](c1cnc2ccccc2c1)C1CC(O)C1. The highest BCUT2D eigenvalue weighted by Crippen LogP contribution is 2.39. The molecule has 4 heteroatoms. The van der Waals surface area contributed by atoms with Gasteiger partial charge in [0.1, 0.15) is 0 Å². The maximum absolute atomic E-state index is 12.4. The number of para-hydroxylation sites is 1. The van der Waals surface area contributed by atoms with E-state index in [1.54, 1.807) is 0 Å². The van der Waals surface area contributed by atoms with Crippen molar-refractivity contribution in [2.75, 3.05) is 0 Å². The summed E-state index contributed by atoms with van der Waals surface area (Å²) in [5.74, 6) is 1.000. The Morgan fingerprint density at radius 2 is 2.08 bits per heavy atom. The number of aliphatic hydroxyl groups excluding tert-OH is 1. The lowest BCUT2D eigenvalue weighted by Crippen LogP contribution is -2.42. The summed E-state index contributed by atoms with van der Waals surface area (Å²) in [5.41, 5.74) is 2.02. The van der Waals surface area contributed by atoms with Gasteiger partial charge in [0.05, 0.1) is 17.7 Å². The number of hydrogen-bond donors (Lipinski definition) is 2. The van der Waals surface area contributed by atoms with Crippen LogP contribution in [0.2, 0.25) is 0 Å². The standard InChI is InChI=1S/C20H24N2O2/c23-17-10-15(11-17)20(22-19(24)8-13-4-3-5-13)16-9-14-6-1-2-7-18(14)21-12-16/h1-2,6-7,9,12-13,15,17,20,23H,3-5,8,10-11H2,(H,22,24)/t15?,17?,20-/m1/s1. The van der Waals surface area contributed by atoms with Crippen LogP contribution in [0.5, 0.6) is 0 Å². The second-order valence-corrected chi connectivity index (χ2v) is 7.39. The van der Waals surface area contributed by atoms with Gasteiger partial charge in [-0.15, -0.1) is 0 Å². The molecule has 1 amide bonds. The van der Waals surface area contributed by atoms with Crippen molar-refractivity contribution in [3.63, 3.8) is 0 Å². The van der Waals surface area contributed by atoms with Gasteiger partial charge in [-0.25, -0.2) is 0 Å². The molecule has 2 fully saturated rings. The third kappa shape index (κ3) is 3.16. The summed E-state index contributed by atoms with van der Waals surface area (Å²) in [6.07, 6.45) is 7.39. The van der Waals surface area contributed by atoms with Crippen LogP contribution in [-0.2, 0) is 4.79 Å². The fourth-order valence-electron chi connectivity index (χ4n) is 3.83. The lowest BCUT2D eigenvalue weighted by Gasteiger charge is -2.38. The normalized spacial score (nSPS) is 24.9. The van der Waals surface area contributed by atoms with Crippen LogP contribution < -0.4 is 5.32 Å². The molecule has 0 spiro atoms. The van der Waals surface area contributed by atoms with Crippen molar-refractivity contribution in [2.45, 2.75) is 50.7 Å². The predicted molar refractivity (Wildman–Crippen MR) is 93.3 cm³/mol. The summed E-state index contributed by atoms with van der Waals surface area (Å²) in [6, 6.07) is 10.1. The molecule has 0 unspecified atom stereocenters. The molecule has 2 aliphatic rings. The van der Waals surface area contributed by atoms with E-state index in [9.17, 15) is 9.90 Å². The molecule has 1 heterocycles. The van der Waals surface area contributed by atoms with Crippen molar-refractivity contribution >= 4 is 16.8 Å². The zero-order valence-corrected chi connectivity index (χ0v) is 13.8. The molecule has 2 saturated carbocycles. The lowest BCUT2D eigenvalue weighted by molar-refractivity contribution is -0.124. The number of benzene rings is 1. The molecule has 0 saturated heterocycles. The Balaban J connectivity index is 1.55. The number of rotatable bonds is 5. The van der Waals surface area contributed by atoms with Crippen LogP contribution in [0.25, 0.3) is 10.9 Å². The Morgan fingerprint density at radius 3 is 2.79 bits per heavy atom. The molecule has 4 rings (SSSR count). The molecule has 24 heavy (non-hydrogen) atoms. The molecule has 0 radical (unpaired) electrons. The van der Waals surface area contributed by atoms with Crippen molar-refractivity contribution in [1.29, 1.82) is 0 Å². The fourth-order valence-corrected chi connectivity index (χ4v) is 3.83. The quantitative estimate of drug-likeness (QED) is 0.886. The van der Waals surface area contributed by atoms with Crippen LogP contribution in [0.15, 0.2) is 36.5 Å². The molecule has 0 bridgehead atoms.